The van der Waals surface area contributed by atoms with Gasteiger partial charge in [-0.3, -0.25) is 32.6 Å². The molecule has 0 radical (unpaired) electrons. The average molecular weight is 940 g/mol. The summed E-state index contributed by atoms with van der Waals surface area (Å²) in [6.45, 7) is 1.64. The Labute approximate surface area is 413 Å². The number of nitrogens with zero attached hydrogens (tertiary/aromatic N) is 13. The van der Waals surface area contributed by atoms with Crippen molar-refractivity contribution in [1.82, 2.24) is 53.8 Å². The van der Waals surface area contributed by atoms with Crippen molar-refractivity contribution in [3.05, 3.63) is 93.7 Å². The zero-order chi connectivity index (χ0) is 47.4. The van der Waals surface area contributed by atoms with E-state index in [-0.39, 0.29) is 41.4 Å². The molecule has 0 bridgehead atoms. The van der Waals surface area contributed by atoms with Crippen LogP contribution >= 0.6 is 0 Å². The Kier molecular flexibility index (Phi) is 20.5. The van der Waals surface area contributed by atoms with Crippen molar-refractivity contribution in [3.8, 4) is 0 Å². The van der Waals surface area contributed by atoms with Gasteiger partial charge in [-0.15, -0.1) is 0 Å². The number of carbonyl (C=O) groups excluding carboxylic acids is 2. The molecule has 0 spiro atoms. The van der Waals surface area contributed by atoms with Crippen molar-refractivity contribution in [3.63, 3.8) is 0 Å². The maximum absolute atomic E-state index is 13.4. The number of likely N-dealkylation sites (N-methyl/N-ethyl adjacent to an activating group) is 1. The fourth-order valence-corrected chi connectivity index (χ4v) is 9.57. The number of nitrogens with two attached hydrogens (primary N) is 1. The molecule has 2 amide bonds. The number of fused-ring (bicyclic) bond motifs is 2. The number of amides is 2. The molecule has 356 valence electrons. The van der Waals surface area contributed by atoms with Crippen LogP contribution in [0.25, 0.3) is 4.72 Å². The number of carbonyl (C=O) groups is 2. The number of anilines is 3. The van der Waals surface area contributed by atoms with Crippen LogP contribution in [0, 0.1) is 0 Å². The third-order valence-corrected chi connectivity index (χ3v) is 12.9. The van der Waals surface area contributed by atoms with Gasteiger partial charge in [0.1, 0.15) is 0 Å². The summed E-state index contributed by atoms with van der Waals surface area (Å²) in [6.07, 6.45) is 24.2. The van der Waals surface area contributed by atoms with Gasteiger partial charge in [0.2, 0.25) is 0 Å². The van der Waals surface area contributed by atoms with Crippen LogP contribution in [0.3, 0.4) is 0 Å². The predicted octanol–water partition coefficient (Wildman–Crippen LogP) is 1.16. The molecule has 1 fully saturated rings. The summed E-state index contributed by atoms with van der Waals surface area (Å²) in [7, 11) is 15.1. The number of ketones is 1. The molecule has 5 aromatic rings. The summed E-state index contributed by atoms with van der Waals surface area (Å²) >= 11 is 0. The molecule has 4 aromatic heterocycles. The zero-order valence-corrected chi connectivity index (χ0v) is 43.8. The van der Waals surface area contributed by atoms with Gasteiger partial charge in [-0.2, -0.15) is 20.4 Å². The molecule has 1 saturated carbocycles. The average Bonchev–Trinajstić information content (AvgIpc) is 4.06. The Morgan fingerprint density at radius 1 is 0.742 bits per heavy atom. The number of rotatable bonds is 14. The maximum atomic E-state index is 13.4. The van der Waals surface area contributed by atoms with Gasteiger partial charge in [0.15, 0.2) is 11.8 Å². The molecule has 1 aromatic carbocycles. The Bertz CT molecular complexity index is 2380. The van der Waals surface area contributed by atoms with E-state index in [9.17, 15) is 18.0 Å². The number of urea groups is 1. The maximum Gasteiger partial charge on any atom is 1.00 e. The van der Waals surface area contributed by atoms with Gasteiger partial charge in [0, 0.05) is 71.5 Å². The van der Waals surface area contributed by atoms with Crippen molar-refractivity contribution >= 4 is 39.1 Å². The second-order valence-corrected chi connectivity index (χ2v) is 19.5. The van der Waals surface area contributed by atoms with E-state index in [0.29, 0.717) is 43.2 Å². The SMILES string of the molecule is CN(C)C1CC(N(c2cnn(C)c2)S(=O)(=O)[N-]C(=O)Nc2c3c(cc4c2CCC4)CCC3)C1.CN(C)CC(=O)Cc1cnn(C)c1.CN(C)CCCc1cnn(C)c1.Cn1cc(N)cn1.[Na+]. The van der Waals surface area contributed by atoms with Crippen LogP contribution in [0.4, 0.5) is 21.9 Å². The number of benzene rings is 1. The van der Waals surface area contributed by atoms with Crippen molar-refractivity contribution < 1.29 is 47.6 Å². The molecule has 66 heavy (non-hydrogen) atoms. The summed E-state index contributed by atoms with van der Waals surface area (Å²) in [5.74, 6) is 0.220. The van der Waals surface area contributed by atoms with Crippen molar-refractivity contribution in [2.24, 2.45) is 28.2 Å². The van der Waals surface area contributed by atoms with Gasteiger partial charge >= 0.3 is 29.6 Å². The third-order valence-electron chi connectivity index (χ3n) is 11.5. The van der Waals surface area contributed by atoms with Gasteiger partial charge in [0.25, 0.3) is 10.2 Å². The number of nitrogen functional groups attached to an aromatic ring is 1. The summed E-state index contributed by atoms with van der Waals surface area (Å²) in [6, 6.07) is 1.48. The molecule has 0 aliphatic heterocycles. The first kappa shape index (κ1) is 54.0. The van der Waals surface area contributed by atoms with Crippen LogP contribution in [-0.2, 0) is 81.7 Å². The second kappa shape index (κ2) is 25.0. The molecule has 0 unspecified atom stereocenters. The summed E-state index contributed by atoms with van der Waals surface area (Å²) in [5.41, 5.74) is 14.4. The first-order valence-electron chi connectivity index (χ1n) is 22.2. The standard InChI is InChI=1S/C23H32N6O3S.C9H15N3O.C9H17N3.C4H7N3.Na/c1-27(2)17-11-18(12-17)29(19-13-24-28(3)14-19)33(31,32)26-23(30)25-22-20-8-4-6-15(20)10-16-7-5-9-21(16)22;1-11(2)7-9(13)4-8-5-10-12(3)6-8;1-11(2)6-4-5-9-7-10-12(3)8-9;1-7-3-4(5)2-6-7;/h10,13-14,17-18H,4-9,11-12H2,1-3H3,(H2,25,26,30);5-6H,4,7H2,1-3H3;7-8H,4-6H2,1-3H3;2-3H,5H2,1H3;/q;;;;+1/p-1. The van der Waals surface area contributed by atoms with Crippen molar-refractivity contribution in [1.29, 1.82) is 0 Å². The van der Waals surface area contributed by atoms with Crippen molar-refractivity contribution in [2.45, 2.75) is 82.7 Å². The van der Waals surface area contributed by atoms with Crippen LogP contribution in [0.5, 0.6) is 0 Å². The van der Waals surface area contributed by atoms with E-state index in [1.54, 1.807) is 45.9 Å². The van der Waals surface area contributed by atoms with Gasteiger partial charge in [-0.05, 0) is 152 Å². The number of Topliss-reactive ketones (excluding diaryl/α,β-unsaturated/α-hetero) is 1. The number of hydrogen-bond acceptors (Lipinski definition) is 12. The van der Waals surface area contributed by atoms with Crippen LogP contribution in [0.2, 0.25) is 0 Å². The van der Waals surface area contributed by atoms with Crippen LogP contribution in [0.1, 0.15) is 65.5 Å². The van der Waals surface area contributed by atoms with Gasteiger partial charge < -0.3 is 30.5 Å². The van der Waals surface area contributed by atoms with E-state index in [1.165, 1.54) is 33.6 Å². The molecule has 19 nitrogen and oxygen atoms in total. The van der Waals surface area contributed by atoms with Crippen LogP contribution < -0.4 is 44.9 Å². The molecule has 0 atom stereocenters. The minimum absolute atomic E-state index is 0. The molecule has 3 N–H and O–H groups in total. The summed E-state index contributed by atoms with van der Waals surface area (Å²) in [4.78, 5) is 30.5. The van der Waals surface area contributed by atoms with Crippen LogP contribution in [-0.4, -0.2) is 142 Å². The van der Waals surface area contributed by atoms with Gasteiger partial charge in [-0.25, -0.2) is 8.42 Å². The Morgan fingerprint density at radius 3 is 1.74 bits per heavy atom. The van der Waals surface area contributed by atoms with E-state index in [1.807, 2.05) is 71.3 Å². The zero-order valence-electron chi connectivity index (χ0n) is 41.0. The predicted molar refractivity (Wildman–Crippen MR) is 256 cm³/mol. The van der Waals surface area contributed by atoms with E-state index in [2.05, 4.69) is 66.6 Å². The fourth-order valence-electron chi connectivity index (χ4n) is 8.31. The monoisotopic (exact) mass is 940 g/mol. The Hall–Kier alpha value is -4.57. The quantitative estimate of drug-likeness (QED) is 0.151. The number of nitrogens with one attached hydrogen (secondary N) is 1. The molecule has 3 aliphatic rings. The molecule has 0 saturated heterocycles. The smallest absolute Gasteiger partial charge is 0.423 e. The molecular weight excluding hydrogens is 870 g/mol. The molecule has 4 heterocycles. The number of aromatic nitrogens is 8. The topological polar surface area (TPSA) is 205 Å². The van der Waals surface area contributed by atoms with Gasteiger partial charge in [-0.1, -0.05) is 6.07 Å². The third kappa shape index (κ3) is 16.1. The van der Waals surface area contributed by atoms with E-state index >= 15 is 0 Å². The molecule has 21 heteroatoms. The van der Waals surface area contributed by atoms with E-state index in [4.69, 9.17) is 5.73 Å². The Balaban J connectivity index is 0.000000236. The molecule has 3 aliphatic carbocycles. The number of aryl methyl sites for hydroxylation is 7. The second-order valence-electron chi connectivity index (χ2n) is 18.0. The summed E-state index contributed by atoms with van der Waals surface area (Å²) in [5, 5.41) is 18.9. The minimum atomic E-state index is -4.24. The summed E-state index contributed by atoms with van der Waals surface area (Å²) < 4.78 is 38.5. The van der Waals surface area contributed by atoms with E-state index in [0.717, 1.165) is 73.9 Å². The van der Waals surface area contributed by atoms with Crippen LogP contribution in [0.15, 0.2) is 55.6 Å². The Morgan fingerprint density at radius 2 is 1.29 bits per heavy atom. The number of hydrogen-bond donors (Lipinski definition) is 2. The van der Waals surface area contributed by atoms with Crippen molar-refractivity contribution in [2.75, 3.05) is 70.7 Å². The molecular formula is C45H70N15NaO4S. The normalized spacial score (nSPS) is 15.8. The van der Waals surface area contributed by atoms with Gasteiger partial charge in [0.05, 0.1) is 42.7 Å². The van der Waals surface area contributed by atoms with E-state index < -0.39 is 16.2 Å². The first-order valence-corrected chi connectivity index (χ1v) is 23.6. The first-order chi connectivity index (χ1) is 30.8. The molecule has 8 rings (SSSR count). The largest absolute Gasteiger partial charge is 1.00 e. The fraction of sp³-hybridized carbons (Fsp3) is 0.556. The minimum Gasteiger partial charge on any atom is -0.423 e.